The van der Waals surface area contributed by atoms with Gasteiger partial charge in [-0.1, -0.05) is 13.3 Å². The highest BCUT2D eigenvalue weighted by atomic mass is 32.2. The van der Waals surface area contributed by atoms with E-state index in [0.717, 1.165) is 13.0 Å². The Morgan fingerprint density at radius 3 is 2.82 bits per heavy atom. The summed E-state index contributed by atoms with van der Waals surface area (Å²) in [6.45, 7) is 7.13. The SMILES string of the molecule is CCC1(C)NC(C)N(CC2CCCCS2)C1=O. The smallest absolute Gasteiger partial charge is 0.243 e. The maximum atomic E-state index is 12.4. The lowest BCUT2D eigenvalue weighted by Crippen LogP contribution is -2.43. The quantitative estimate of drug-likeness (QED) is 0.840. The summed E-state index contributed by atoms with van der Waals surface area (Å²) in [5.74, 6) is 1.55. The molecule has 0 spiro atoms. The van der Waals surface area contributed by atoms with Crippen molar-refractivity contribution < 1.29 is 4.79 Å². The Morgan fingerprint density at radius 1 is 1.53 bits per heavy atom. The molecule has 2 heterocycles. The Bertz CT molecular complexity index is 291. The van der Waals surface area contributed by atoms with Gasteiger partial charge in [0.25, 0.3) is 0 Å². The number of carbonyl (C=O) groups is 1. The molecule has 1 amide bonds. The third-order valence-corrected chi connectivity index (χ3v) is 5.49. The normalized spacial score (nSPS) is 38.8. The first-order valence-corrected chi connectivity index (χ1v) is 7.82. The molecule has 0 saturated carbocycles. The number of nitrogens with zero attached hydrogens (tertiary/aromatic N) is 1. The van der Waals surface area contributed by atoms with Gasteiger partial charge >= 0.3 is 0 Å². The molecule has 2 rings (SSSR count). The van der Waals surface area contributed by atoms with Gasteiger partial charge in [-0.2, -0.15) is 11.8 Å². The van der Waals surface area contributed by atoms with Gasteiger partial charge in [0.1, 0.15) is 0 Å². The van der Waals surface area contributed by atoms with Crippen LogP contribution < -0.4 is 5.32 Å². The minimum absolute atomic E-state index is 0.190. The summed E-state index contributed by atoms with van der Waals surface area (Å²) in [4.78, 5) is 14.4. The molecule has 4 heteroatoms. The van der Waals surface area contributed by atoms with Crippen LogP contribution in [-0.2, 0) is 4.79 Å². The minimum Gasteiger partial charge on any atom is -0.325 e. The molecule has 3 nitrogen and oxygen atoms in total. The van der Waals surface area contributed by atoms with Gasteiger partial charge in [-0.15, -0.1) is 0 Å². The molecule has 1 N–H and O–H groups in total. The van der Waals surface area contributed by atoms with Crippen molar-refractivity contribution >= 4 is 17.7 Å². The molecule has 0 aromatic carbocycles. The van der Waals surface area contributed by atoms with E-state index in [1.165, 1.54) is 25.0 Å². The van der Waals surface area contributed by atoms with E-state index < -0.39 is 0 Å². The van der Waals surface area contributed by atoms with Crippen molar-refractivity contribution in [2.75, 3.05) is 12.3 Å². The zero-order valence-electron chi connectivity index (χ0n) is 11.2. The second-order valence-electron chi connectivity index (χ2n) is 5.45. The van der Waals surface area contributed by atoms with Crippen LogP contribution in [0.1, 0.15) is 46.5 Å². The van der Waals surface area contributed by atoms with Crippen LogP contribution in [0.4, 0.5) is 0 Å². The van der Waals surface area contributed by atoms with Crippen molar-refractivity contribution in [3.8, 4) is 0 Å². The van der Waals surface area contributed by atoms with Gasteiger partial charge in [-0.25, -0.2) is 0 Å². The predicted molar refractivity (Wildman–Crippen MR) is 73.1 cm³/mol. The number of thioether (sulfide) groups is 1. The van der Waals surface area contributed by atoms with E-state index in [2.05, 4.69) is 19.2 Å². The maximum absolute atomic E-state index is 12.4. The highest BCUT2D eigenvalue weighted by Crippen LogP contribution is 2.29. The predicted octanol–water partition coefficient (Wildman–Crippen LogP) is 2.22. The molecule has 3 atom stereocenters. The Morgan fingerprint density at radius 2 is 2.29 bits per heavy atom. The molecule has 3 unspecified atom stereocenters. The van der Waals surface area contributed by atoms with Crippen molar-refractivity contribution in [1.82, 2.24) is 10.2 Å². The van der Waals surface area contributed by atoms with Crippen LogP contribution in [0.15, 0.2) is 0 Å². The highest BCUT2D eigenvalue weighted by Gasteiger charge is 2.45. The van der Waals surface area contributed by atoms with Gasteiger partial charge in [-0.3, -0.25) is 10.1 Å². The van der Waals surface area contributed by atoms with Crippen molar-refractivity contribution in [3.63, 3.8) is 0 Å². The summed E-state index contributed by atoms with van der Waals surface area (Å²) in [6.07, 6.45) is 4.99. The Hall–Kier alpha value is -0.220. The zero-order valence-corrected chi connectivity index (χ0v) is 12.0. The van der Waals surface area contributed by atoms with Crippen LogP contribution >= 0.6 is 11.8 Å². The van der Waals surface area contributed by atoms with Crippen molar-refractivity contribution in [2.45, 2.75) is 63.4 Å². The van der Waals surface area contributed by atoms with Crippen LogP contribution in [0.25, 0.3) is 0 Å². The summed E-state index contributed by atoms with van der Waals surface area (Å²) >= 11 is 2.04. The van der Waals surface area contributed by atoms with E-state index in [9.17, 15) is 4.79 Å². The fraction of sp³-hybridized carbons (Fsp3) is 0.923. The summed E-state index contributed by atoms with van der Waals surface area (Å²) in [5, 5.41) is 4.09. The first-order chi connectivity index (χ1) is 8.07. The molecule has 2 saturated heterocycles. The Kier molecular flexibility index (Phi) is 4.03. The second kappa shape index (κ2) is 5.19. The van der Waals surface area contributed by atoms with Gasteiger partial charge in [0.15, 0.2) is 0 Å². The number of hydrogen-bond donors (Lipinski definition) is 1. The van der Waals surface area contributed by atoms with Crippen molar-refractivity contribution in [1.29, 1.82) is 0 Å². The van der Waals surface area contributed by atoms with E-state index in [4.69, 9.17) is 0 Å². The fourth-order valence-corrected chi connectivity index (χ4v) is 4.06. The van der Waals surface area contributed by atoms with Crippen LogP contribution in [0, 0.1) is 0 Å². The largest absolute Gasteiger partial charge is 0.325 e. The topological polar surface area (TPSA) is 32.3 Å². The number of carbonyl (C=O) groups excluding carboxylic acids is 1. The van der Waals surface area contributed by atoms with E-state index in [1.54, 1.807) is 0 Å². The number of nitrogens with one attached hydrogen (secondary N) is 1. The molecule has 0 aliphatic carbocycles. The van der Waals surface area contributed by atoms with Gasteiger partial charge in [-0.05, 0) is 38.9 Å². The lowest BCUT2D eigenvalue weighted by atomic mass is 9.99. The van der Waals surface area contributed by atoms with Crippen molar-refractivity contribution in [3.05, 3.63) is 0 Å². The average Bonchev–Trinajstić information content (AvgIpc) is 2.55. The Balaban J connectivity index is 1.98. The van der Waals surface area contributed by atoms with Gasteiger partial charge in [0.05, 0.1) is 11.7 Å². The lowest BCUT2D eigenvalue weighted by Gasteiger charge is -2.29. The first kappa shape index (κ1) is 13.2. The molecule has 17 heavy (non-hydrogen) atoms. The lowest BCUT2D eigenvalue weighted by molar-refractivity contribution is -0.132. The molecule has 0 bridgehead atoms. The molecule has 2 fully saturated rings. The molecular formula is C13H24N2OS. The van der Waals surface area contributed by atoms with E-state index in [-0.39, 0.29) is 11.7 Å². The summed E-state index contributed by atoms with van der Waals surface area (Å²) in [6, 6.07) is 0. The molecular weight excluding hydrogens is 232 g/mol. The van der Waals surface area contributed by atoms with E-state index in [0.29, 0.717) is 11.2 Å². The van der Waals surface area contributed by atoms with E-state index in [1.807, 2.05) is 23.6 Å². The molecule has 0 aromatic rings. The van der Waals surface area contributed by atoms with Crippen LogP contribution in [-0.4, -0.2) is 40.1 Å². The zero-order chi connectivity index (χ0) is 12.5. The Labute approximate surface area is 109 Å². The summed E-state index contributed by atoms with van der Waals surface area (Å²) in [7, 11) is 0. The molecule has 2 aliphatic rings. The average molecular weight is 256 g/mol. The second-order valence-corrected chi connectivity index (χ2v) is 6.86. The summed E-state index contributed by atoms with van der Waals surface area (Å²) in [5.41, 5.74) is -0.335. The van der Waals surface area contributed by atoms with Crippen LogP contribution in [0.3, 0.4) is 0 Å². The van der Waals surface area contributed by atoms with Crippen molar-refractivity contribution in [2.24, 2.45) is 0 Å². The molecule has 2 aliphatic heterocycles. The highest BCUT2D eigenvalue weighted by molar-refractivity contribution is 7.99. The van der Waals surface area contributed by atoms with Crippen LogP contribution in [0.2, 0.25) is 0 Å². The number of amides is 1. The van der Waals surface area contributed by atoms with Crippen LogP contribution in [0.5, 0.6) is 0 Å². The third-order valence-electron chi connectivity index (χ3n) is 4.11. The standard InChI is InChI=1S/C13H24N2OS/c1-4-13(3)12(16)15(10(2)14-13)9-11-7-5-6-8-17-11/h10-11,14H,4-9H2,1-3H3. The maximum Gasteiger partial charge on any atom is 0.243 e. The van der Waals surface area contributed by atoms with E-state index >= 15 is 0 Å². The molecule has 0 aromatic heterocycles. The van der Waals surface area contributed by atoms with Gasteiger partial charge in [0, 0.05) is 11.8 Å². The van der Waals surface area contributed by atoms with Gasteiger partial charge in [0.2, 0.25) is 5.91 Å². The third kappa shape index (κ3) is 2.63. The number of rotatable bonds is 3. The first-order valence-electron chi connectivity index (χ1n) is 6.77. The minimum atomic E-state index is -0.335. The van der Waals surface area contributed by atoms with Gasteiger partial charge < -0.3 is 4.90 Å². The summed E-state index contributed by atoms with van der Waals surface area (Å²) < 4.78 is 0. The number of hydrogen-bond acceptors (Lipinski definition) is 3. The fourth-order valence-electron chi connectivity index (χ4n) is 2.76. The molecule has 98 valence electrons. The monoisotopic (exact) mass is 256 g/mol. The molecule has 0 radical (unpaired) electrons.